The predicted octanol–water partition coefficient (Wildman–Crippen LogP) is 4.31. The number of carbonyl (C=O) groups is 4. The molecule has 36 heavy (non-hydrogen) atoms. The van der Waals surface area contributed by atoms with Crippen molar-refractivity contribution in [3.05, 3.63) is 71.3 Å². The standard InChI is InChI=1S/C27H31N3O5S/c1-20(31)27(28-15-7-8-16-28,19-21-11-3-2-4-12-21)30(26(34)35)36-18-10-9-17-29-24(32)22-13-5-6-14-23(22)25(29)33/h2-6,11-14H,7-10,15-19H2,1H3,(H,34,35). The van der Waals surface area contributed by atoms with Crippen molar-refractivity contribution in [1.82, 2.24) is 14.1 Å². The Morgan fingerprint density at radius 3 is 2.08 bits per heavy atom. The number of likely N-dealkylation sites (tertiary alicyclic amines) is 1. The summed E-state index contributed by atoms with van der Waals surface area (Å²) < 4.78 is 1.23. The first-order valence-electron chi connectivity index (χ1n) is 12.3. The summed E-state index contributed by atoms with van der Waals surface area (Å²) in [7, 11) is 0. The van der Waals surface area contributed by atoms with Gasteiger partial charge in [-0.2, -0.15) is 0 Å². The zero-order valence-corrected chi connectivity index (χ0v) is 21.2. The normalized spacial score (nSPS) is 17.2. The molecule has 190 valence electrons. The zero-order chi connectivity index (χ0) is 25.7. The van der Waals surface area contributed by atoms with Gasteiger partial charge in [0, 0.05) is 31.8 Å². The monoisotopic (exact) mass is 509 g/mol. The van der Waals surface area contributed by atoms with Crippen LogP contribution < -0.4 is 0 Å². The van der Waals surface area contributed by atoms with Gasteiger partial charge in [-0.1, -0.05) is 42.5 Å². The second-order valence-electron chi connectivity index (χ2n) is 9.15. The number of imide groups is 1. The van der Waals surface area contributed by atoms with Gasteiger partial charge in [-0.3, -0.25) is 24.2 Å². The molecule has 2 aliphatic rings. The maximum absolute atomic E-state index is 13.2. The summed E-state index contributed by atoms with van der Waals surface area (Å²) >= 11 is 1.13. The Labute approximate surface area is 215 Å². The van der Waals surface area contributed by atoms with Gasteiger partial charge in [0.25, 0.3) is 11.8 Å². The molecule has 2 aromatic carbocycles. The number of Topliss-reactive ketones (excluding diaryl/α,β-unsaturated/α-hetero) is 1. The molecule has 3 amide bonds. The molecule has 0 spiro atoms. The average Bonchev–Trinajstić information content (AvgIpc) is 3.49. The van der Waals surface area contributed by atoms with Crippen molar-refractivity contribution in [2.24, 2.45) is 0 Å². The van der Waals surface area contributed by atoms with E-state index < -0.39 is 11.8 Å². The van der Waals surface area contributed by atoms with Crippen LogP contribution in [0.2, 0.25) is 0 Å². The van der Waals surface area contributed by atoms with Crippen LogP contribution >= 0.6 is 11.9 Å². The van der Waals surface area contributed by atoms with Crippen molar-refractivity contribution in [2.45, 2.75) is 44.7 Å². The summed E-state index contributed by atoms with van der Waals surface area (Å²) in [5.41, 5.74) is 0.451. The second-order valence-corrected chi connectivity index (χ2v) is 10.2. The summed E-state index contributed by atoms with van der Waals surface area (Å²) in [6.45, 7) is 3.07. The van der Waals surface area contributed by atoms with Crippen molar-refractivity contribution in [3.63, 3.8) is 0 Å². The lowest BCUT2D eigenvalue weighted by atomic mass is 9.94. The summed E-state index contributed by atoms with van der Waals surface area (Å²) in [6.07, 6.45) is 2.09. The molecule has 2 aliphatic heterocycles. The minimum atomic E-state index is -1.29. The maximum Gasteiger partial charge on any atom is 0.419 e. The number of unbranched alkanes of at least 4 members (excludes halogenated alkanes) is 1. The number of benzene rings is 2. The van der Waals surface area contributed by atoms with Crippen LogP contribution in [0.4, 0.5) is 4.79 Å². The minimum Gasteiger partial charge on any atom is -0.464 e. The minimum absolute atomic E-state index is 0.200. The van der Waals surface area contributed by atoms with E-state index in [9.17, 15) is 24.3 Å². The molecule has 0 saturated carbocycles. The van der Waals surface area contributed by atoms with E-state index in [-0.39, 0.29) is 30.6 Å². The van der Waals surface area contributed by atoms with Crippen LogP contribution in [0.25, 0.3) is 0 Å². The van der Waals surface area contributed by atoms with Gasteiger partial charge >= 0.3 is 6.09 Å². The van der Waals surface area contributed by atoms with E-state index in [0.717, 1.165) is 30.4 Å². The van der Waals surface area contributed by atoms with Crippen LogP contribution in [-0.2, 0) is 11.2 Å². The quantitative estimate of drug-likeness (QED) is 0.274. The average molecular weight is 510 g/mol. The van der Waals surface area contributed by atoms with Crippen LogP contribution in [0.15, 0.2) is 54.6 Å². The van der Waals surface area contributed by atoms with Crippen LogP contribution in [0, 0.1) is 0 Å². The molecule has 1 fully saturated rings. The summed E-state index contributed by atoms with van der Waals surface area (Å²) in [6, 6.07) is 16.3. The number of fused-ring (bicyclic) bond motifs is 1. The lowest BCUT2D eigenvalue weighted by molar-refractivity contribution is -0.135. The molecule has 2 aromatic rings. The fraction of sp³-hybridized carbons (Fsp3) is 0.407. The molecular weight excluding hydrogens is 478 g/mol. The first-order valence-corrected chi connectivity index (χ1v) is 13.2. The first kappa shape index (κ1) is 25.9. The van der Waals surface area contributed by atoms with Gasteiger partial charge < -0.3 is 5.11 Å². The molecule has 1 N–H and O–H groups in total. The van der Waals surface area contributed by atoms with E-state index in [1.165, 1.54) is 16.1 Å². The van der Waals surface area contributed by atoms with Crippen molar-refractivity contribution in [3.8, 4) is 0 Å². The molecule has 1 atom stereocenters. The largest absolute Gasteiger partial charge is 0.464 e. The third-order valence-corrected chi connectivity index (χ3v) is 8.06. The molecule has 2 heterocycles. The van der Waals surface area contributed by atoms with Gasteiger partial charge in [-0.15, -0.1) is 0 Å². The highest BCUT2D eigenvalue weighted by atomic mass is 32.2. The third-order valence-electron chi connectivity index (χ3n) is 6.87. The van der Waals surface area contributed by atoms with E-state index in [4.69, 9.17) is 0 Å². The number of ketones is 1. The Morgan fingerprint density at radius 2 is 1.53 bits per heavy atom. The van der Waals surface area contributed by atoms with Crippen LogP contribution in [0.1, 0.15) is 58.9 Å². The number of amides is 3. The Hall–Kier alpha value is -3.17. The van der Waals surface area contributed by atoms with Crippen molar-refractivity contribution < 1.29 is 24.3 Å². The highest BCUT2D eigenvalue weighted by Gasteiger charge is 2.50. The number of carbonyl (C=O) groups excluding carboxylic acids is 3. The van der Waals surface area contributed by atoms with Crippen molar-refractivity contribution in [2.75, 3.05) is 25.4 Å². The fourth-order valence-corrected chi connectivity index (χ4v) is 6.21. The number of nitrogens with zero attached hydrogens (tertiary/aromatic N) is 3. The lowest BCUT2D eigenvalue weighted by Gasteiger charge is -2.45. The Morgan fingerprint density at radius 1 is 0.944 bits per heavy atom. The topological polar surface area (TPSA) is 98.2 Å². The predicted molar refractivity (Wildman–Crippen MR) is 138 cm³/mol. The molecule has 4 rings (SSSR count). The Kier molecular flexibility index (Phi) is 8.11. The SMILES string of the molecule is CC(=O)C(Cc1ccccc1)(N1CCCC1)N(SCCCCN1C(=O)c2ccccc2C1=O)C(=O)O. The molecule has 8 nitrogen and oxygen atoms in total. The van der Waals surface area contributed by atoms with Crippen LogP contribution in [0.3, 0.4) is 0 Å². The third kappa shape index (κ3) is 5.03. The van der Waals surface area contributed by atoms with E-state index in [1.807, 2.05) is 35.2 Å². The van der Waals surface area contributed by atoms with Crippen molar-refractivity contribution >= 4 is 35.6 Å². The number of hydrogen-bond donors (Lipinski definition) is 1. The highest BCUT2D eigenvalue weighted by Crippen LogP contribution is 2.36. The molecule has 0 radical (unpaired) electrons. The molecule has 0 aromatic heterocycles. The molecular formula is C27H31N3O5S. The van der Waals surface area contributed by atoms with E-state index >= 15 is 0 Å². The summed E-state index contributed by atoms with van der Waals surface area (Å²) in [5.74, 6) is -0.340. The number of hydrogen-bond acceptors (Lipinski definition) is 6. The molecule has 0 bridgehead atoms. The zero-order valence-electron chi connectivity index (χ0n) is 20.4. The van der Waals surface area contributed by atoms with Gasteiger partial charge in [0.1, 0.15) is 0 Å². The Bertz CT molecular complexity index is 1100. The summed E-state index contributed by atoms with van der Waals surface area (Å²) in [5, 5.41) is 10.2. The van der Waals surface area contributed by atoms with Gasteiger partial charge in [-0.05, 0) is 62.3 Å². The summed E-state index contributed by atoms with van der Waals surface area (Å²) in [4.78, 5) is 54.1. The molecule has 1 saturated heterocycles. The van der Waals surface area contributed by atoms with E-state index in [0.29, 0.717) is 42.8 Å². The fourth-order valence-electron chi connectivity index (χ4n) is 5.06. The van der Waals surface area contributed by atoms with Gasteiger partial charge in [0.15, 0.2) is 11.4 Å². The second kappa shape index (κ2) is 11.3. The maximum atomic E-state index is 13.2. The lowest BCUT2D eigenvalue weighted by Crippen LogP contribution is -2.64. The van der Waals surface area contributed by atoms with E-state index in [1.54, 1.807) is 24.3 Å². The molecule has 0 aliphatic carbocycles. The smallest absolute Gasteiger partial charge is 0.419 e. The van der Waals surface area contributed by atoms with Crippen molar-refractivity contribution in [1.29, 1.82) is 0 Å². The van der Waals surface area contributed by atoms with Gasteiger partial charge in [0.05, 0.1) is 11.1 Å². The highest BCUT2D eigenvalue weighted by molar-refractivity contribution is 7.97. The number of rotatable bonds is 11. The Balaban J connectivity index is 1.43. The van der Waals surface area contributed by atoms with Gasteiger partial charge in [0.2, 0.25) is 0 Å². The number of carboxylic acid groups (broad SMARTS) is 1. The van der Waals surface area contributed by atoms with E-state index in [2.05, 4.69) is 0 Å². The van der Waals surface area contributed by atoms with Crippen LogP contribution in [0.5, 0.6) is 0 Å². The first-order chi connectivity index (χ1) is 17.4. The molecule has 1 unspecified atom stereocenters. The van der Waals surface area contributed by atoms with Gasteiger partial charge in [-0.25, -0.2) is 9.10 Å². The molecule has 9 heteroatoms. The van der Waals surface area contributed by atoms with Crippen LogP contribution in [-0.4, -0.2) is 74.0 Å².